The van der Waals surface area contributed by atoms with Crippen LogP contribution in [0.25, 0.3) is 0 Å². The van der Waals surface area contributed by atoms with Crippen LogP contribution in [0.2, 0.25) is 0 Å². The van der Waals surface area contributed by atoms with Gasteiger partial charge in [-0.15, -0.1) is 0 Å². The molecule has 20 heavy (non-hydrogen) atoms. The molecule has 1 aliphatic rings. The summed E-state index contributed by atoms with van der Waals surface area (Å²) < 4.78 is 5.37. The molecule has 1 saturated carbocycles. The maximum atomic E-state index is 5.62. The lowest BCUT2D eigenvalue weighted by molar-refractivity contribution is 0.395. The molecule has 5 nitrogen and oxygen atoms in total. The number of nitrogens with zero attached hydrogens (tertiary/aromatic N) is 2. The summed E-state index contributed by atoms with van der Waals surface area (Å²) in [5, 5.41) is 0. The van der Waals surface area contributed by atoms with Crippen molar-refractivity contribution >= 4 is 5.96 Å². The van der Waals surface area contributed by atoms with Crippen molar-refractivity contribution in [2.45, 2.75) is 38.3 Å². The number of ether oxygens (including phenoxy) is 1. The average Bonchev–Trinajstić information content (AvgIpc) is 2.98. The summed E-state index contributed by atoms with van der Waals surface area (Å²) in [4.78, 5) is 6.74. The second kappa shape index (κ2) is 7.14. The third-order valence-electron chi connectivity index (χ3n) is 3.72. The lowest BCUT2D eigenvalue weighted by Crippen LogP contribution is -2.43. The van der Waals surface area contributed by atoms with Crippen molar-refractivity contribution in [3.05, 3.63) is 29.8 Å². The molecule has 110 valence electrons. The Kier molecular flexibility index (Phi) is 5.24. The highest BCUT2D eigenvalue weighted by Crippen LogP contribution is 2.22. The van der Waals surface area contributed by atoms with Gasteiger partial charge in [-0.3, -0.25) is 5.43 Å². The summed E-state index contributed by atoms with van der Waals surface area (Å²) in [7, 11) is 3.67. The molecule has 0 bridgehead atoms. The van der Waals surface area contributed by atoms with Gasteiger partial charge >= 0.3 is 0 Å². The fourth-order valence-electron chi connectivity index (χ4n) is 2.62. The van der Waals surface area contributed by atoms with Crippen molar-refractivity contribution in [1.29, 1.82) is 0 Å². The van der Waals surface area contributed by atoms with Gasteiger partial charge in [-0.05, 0) is 18.9 Å². The number of nitrogens with two attached hydrogens (primary N) is 1. The minimum atomic E-state index is 0.404. The van der Waals surface area contributed by atoms with Crippen LogP contribution in [0.15, 0.2) is 29.3 Å². The molecule has 1 aromatic rings. The molecule has 0 amide bonds. The molecule has 5 heteroatoms. The lowest BCUT2D eigenvalue weighted by Gasteiger charge is -2.22. The van der Waals surface area contributed by atoms with Crippen LogP contribution in [-0.2, 0) is 6.54 Å². The zero-order valence-corrected chi connectivity index (χ0v) is 12.3. The van der Waals surface area contributed by atoms with Crippen LogP contribution >= 0.6 is 0 Å². The topological polar surface area (TPSA) is 62.9 Å². The number of benzene rings is 1. The van der Waals surface area contributed by atoms with Crippen LogP contribution in [-0.4, -0.2) is 31.1 Å². The van der Waals surface area contributed by atoms with E-state index in [9.17, 15) is 0 Å². The summed E-state index contributed by atoms with van der Waals surface area (Å²) >= 11 is 0. The predicted octanol–water partition coefficient (Wildman–Crippen LogP) is 1.89. The smallest absolute Gasteiger partial charge is 0.208 e. The van der Waals surface area contributed by atoms with Crippen LogP contribution in [0.1, 0.15) is 31.2 Å². The van der Waals surface area contributed by atoms with Gasteiger partial charge in [0.25, 0.3) is 0 Å². The molecule has 1 aromatic carbocycles. The minimum absolute atomic E-state index is 0.404. The Morgan fingerprint density at radius 1 is 1.40 bits per heavy atom. The average molecular weight is 276 g/mol. The lowest BCUT2D eigenvalue weighted by atomic mass is 10.2. The number of rotatable bonds is 4. The SMILES string of the molecule is COc1ccccc1CN(C)C(=NC1CCCC1)NN. The number of hydrogen-bond donors (Lipinski definition) is 2. The summed E-state index contributed by atoms with van der Waals surface area (Å²) in [6.45, 7) is 0.708. The quantitative estimate of drug-likeness (QED) is 0.381. The molecular formula is C15H24N4O. The summed E-state index contributed by atoms with van der Waals surface area (Å²) in [6, 6.07) is 8.40. The van der Waals surface area contributed by atoms with E-state index in [0.717, 1.165) is 30.1 Å². The molecule has 1 fully saturated rings. The van der Waals surface area contributed by atoms with Crippen LogP contribution in [0, 0.1) is 0 Å². The van der Waals surface area contributed by atoms with Gasteiger partial charge in [0, 0.05) is 19.2 Å². The number of guanidine groups is 1. The van der Waals surface area contributed by atoms with Crippen LogP contribution in [0.4, 0.5) is 0 Å². The van der Waals surface area contributed by atoms with Crippen molar-refractivity contribution in [2.24, 2.45) is 10.8 Å². The number of methoxy groups -OCH3 is 1. The molecule has 0 unspecified atom stereocenters. The van der Waals surface area contributed by atoms with E-state index in [2.05, 4.69) is 11.5 Å². The van der Waals surface area contributed by atoms with E-state index in [0.29, 0.717) is 12.6 Å². The zero-order valence-electron chi connectivity index (χ0n) is 12.3. The van der Waals surface area contributed by atoms with E-state index in [1.54, 1.807) is 7.11 Å². The van der Waals surface area contributed by atoms with E-state index >= 15 is 0 Å². The Morgan fingerprint density at radius 2 is 2.10 bits per heavy atom. The van der Waals surface area contributed by atoms with Gasteiger partial charge in [-0.1, -0.05) is 31.0 Å². The first kappa shape index (κ1) is 14.7. The number of hydrogen-bond acceptors (Lipinski definition) is 3. The number of nitrogens with one attached hydrogen (secondary N) is 1. The van der Waals surface area contributed by atoms with Gasteiger partial charge in [-0.25, -0.2) is 10.8 Å². The van der Waals surface area contributed by atoms with Crippen molar-refractivity contribution in [2.75, 3.05) is 14.2 Å². The van der Waals surface area contributed by atoms with Gasteiger partial charge in [0.2, 0.25) is 5.96 Å². The summed E-state index contributed by atoms with van der Waals surface area (Å²) in [6.07, 6.45) is 4.85. The first-order valence-corrected chi connectivity index (χ1v) is 7.12. The summed E-state index contributed by atoms with van der Waals surface area (Å²) in [5.74, 6) is 7.25. The molecule has 0 aliphatic heterocycles. The third-order valence-corrected chi connectivity index (χ3v) is 3.72. The van der Waals surface area contributed by atoms with Crippen LogP contribution in [0.5, 0.6) is 5.75 Å². The molecule has 0 radical (unpaired) electrons. The second-order valence-corrected chi connectivity index (χ2v) is 5.20. The Morgan fingerprint density at radius 3 is 2.75 bits per heavy atom. The molecule has 2 rings (SSSR count). The molecule has 0 aromatic heterocycles. The molecule has 1 aliphatic carbocycles. The zero-order chi connectivity index (χ0) is 14.4. The van der Waals surface area contributed by atoms with Gasteiger partial charge in [0.15, 0.2) is 0 Å². The van der Waals surface area contributed by atoms with Crippen LogP contribution < -0.4 is 16.0 Å². The van der Waals surface area contributed by atoms with Crippen LogP contribution in [0.3, 0.4) is 0 Å². The van der Waals surface area contributed by atoms with Gasteiger partial charge in [-0.2, -0.15) is 0 Å². The highest BCUT2D eigenvalue weighted by atomic mass is 16.5. The Balaban J connectivity index is 2.06. The maximum Gasteiger partial charge on any atom is 0.208 e. The standard InChI is InChI=1S/C15H24N4O/c1-19(11-12-7-3-6-10-14(12)20-2)15(18-16)17-13-8-4-5-9-13/h3,6-7,10,13H,4-5,8-9,11,16H2,1-2H3,(H,17,18). The first-order valence-electron chi connectivity index (χ1n) is 7.12. The van der Waals surface area contributed by atoms with E-state index in [-0.39, 0.29) is 0 Å². The second-order valence-electron chi connectivity index (χ2n) is 5.20. The Labute approximate surface area is 120 Å². The fraction of sp³-hybridized carbons (Fsp3) is 0.533. The molecule has 3 N–H and O–H groups in total. The molecule has 0 saturated heterocycles. The van der Waals surface area contributed by atoms with Crippen molar-refractivity contribution in [1.82, 2.24) is 10.3 Å². The monoisotopic (exact) mass is 276 g/mol. The highest BCUT2D eigenvalue weighted by Gasteiger charge is 2.16. The number of para-hydroxylation sites is 1. The van der Waals surface area contributed by atoms with Crippen molar-refractivity contribution < 1.29 is 4.74 Å². The summed E-state index contributed by atoms with van der Waals surface area (Å²) in [5.41, 5.74) is 3.84. The maximum absolute atomic E-state index is 5.62. The normalized spacial score (nSPS) is 16.2. The van der Waals surface area contributed by atoms with Crippen molar-refractivity contribution in [3.8, 4) is 5.75 Å². The Hall–Kier alpha value is -1.75. The fourth-order valence-corrected chi connectivity index (χ4v) is 2.62. The third kappa shape index (κ3) is 3.63. The van der Waals surface area contributed by atoms with Crippen molar-refractivity contribution in [3.63, 3.8) is 0 Å². The highest BCUT2D eigenvalue weighted by molar-refractivity contribution is 5.79. The van der Waals surface area contributed by atoms with E-state index in [1.807, 2.05) is 30.1 Å². The number of hydrazine groups is 1. The molecule has 0 heterocycles. The van der Waals surface area contributed by atoms with E-state index in [1.165, 1.54) is 12.8 Å². The first-order chi connectivity index (χ1) is 9.74. The molecule has 0 atom stereocenters. The minimum Gasteiger partial charge on any atom is -0.496 e. The molecule has 0 spiro atoms. The largest absolute Gasteiger partial charge is 0.496 e. The van der Waals surface area contributed by atoms with Gasteiger partial charge in [0.1, 0.15) is 5.75 Å². The van der Waals surface area contributed by atoms with E-state index < -0.39 is 0 Å². The molecular weight excluding hydrogens is 252 g/mol. The number of aliphatic imine (C=N–C) groups is 1. The van der Waals surface area contributed by atoms with E-state index in [4.69, 9.17) is 15.6 Å². The Bertz CT molecular complexity index is 455. The van der Waals surface area contributed by atoms with Gasteiger partial charge < -0.3 is 9.64 Å². The predicted molar refractivity (Wildman–Crippen MR) is 81.5 cm³/mol. The van der Waals surface area contributed by atoms with Gasteiger partial charge in [0.05, 0.1) is 13.2 Å².